The Morgan fingerprint density at radius 2 is 1.86 bits per heavy atom. The van der Waals surface area contributed by atoms with Gasteiger partial charge in [0.05, 0.1) is 31.9 Å². The summed E-state index contributed by atoms with van der Waals surface area (Å²) in [5, 5.41) is 2.97. The van der Waals surface area contributed by atoms with Gasteiger partial charge in [0.2, 0.25) is 11.8 Å². The van der Waals surface area contributed by atoms with Gasteiger partial charge in [0.1, 0.15) is 5.82 Å². The third kappa shape index (κ3) is 4.18. The van der Waals surface area contributed by atoms with E-state index in [1.807, 2.05) is 26.0 Å². The number of nitrogens with zero attached hydrogens (tertiary/aromatic N) is 1. The topological polar surface area (TPSA) is 67.9 Å². The molecular weight excluding hydrogens is 375 g/mol. The molecule has 0 aromatic heterocycles. The number of para-hydroxylation sites is 1. The average Bonchev–Trinajstić information content (AvgIpc) is 3.09. The highest BCUT2D eigenvalue weighted by molar-refractivity contribution is 6.00. The molecule has 154 valence electrons. The number of carbonyl (C=O) groups is 2. The molecule has 1 saturated heterocycles. The number of methoxy groups -OCH3 is 2. The molecular formula is C22H25FN2O4. The molecule has 0 radical (unpaired) electrons. The maximum Gasteiger partial charge on any atom is 0.227 e. The standard InChI is InChI=1S/C22H25FN2O4/c1-13-9-19(28-3)20(29-4)11-16(13)14(2)24-22(27)15-10-21(26)25(12-15)18-8-6-5-7-17(18)23/h5-9,11,14-15H,10,12H2,1-4H3,(H,24,27). The highest BCUT2D eigenvalue weighted by atomic mass is 19.1. The molecule has 0 spiro atoms. The summed E-state index contributed by atoms with van der Waals surface area (Å²) in [5.74, 6) is -0.310. The van der Waals surface area contributed by atoms with Crippen LogP contribution < -0.4 is 19.7 Å². The van der Waals surface area contributed by atoms with Gasteiger partial charge in [-0.1, -0.05) is 12.1 Å². The maximum absolute atomic E-state index is 14.0. The third-order valence-corrected chi connectivity index (χ3v) is 5.24. The highest BCUT2D eigenvalue weighted by Crippen LogP contribution is 2.33. The van der Waals surface area contributed by atoms with Crippen molar-refractivity contribution in [2.24, 2.45) is 5.92 Å². The lowest BCUT2D eigenvalue weighted by Crippen LogP contribution is -2.35. The van der Waals surface area contributed by atoms with Crippen molar-refractivity contribution in [2.45, 2.75) is 26.3 Å². The zero-order valence-electron chi connectivity index (χ0n) is 17.0. The Morgan fingerprint density at radius 1 is 1.21 bits per heavy atom. The number of rotatable bonds is 6. The first-order valence-electron chi connectivity index (χ1n) is 9.43. The van der Waals surface area contributed by atoms with Gasteiger partial charge >= 0.3 is 0 Å². The van der Waals surface area contributed by atoms with Crippen molar-refractivity contribution in [2.75, 3.05) is 25.7 Å². The highest BCUT2D eigenvalue weighted by Gasteiger charge is 2.36. The summed E-state index contributed by atoms with van der Waals surface area (Å²) in [6.45, 7) is 3.96. The van der Waals surface area contributed by atoms with Gasteiger partial charge in [-0.25, -0.2) is 4.39 Å². The molecule has 2 aromatic carbocycles. The summed E-state index contributed by atoms with van der Waals surface area (Å²) in [6.07, 6.45) is 0.0534. The average molecular weight is 400 g/mol. The number of halogens is 1. The molecule has 0 aliphatic carbocycles. The molecule has 3 rings (SSSR count). The Labute approximate surface area is 169 Å². The predicted octanol–water partition coefficient (Wildman–Crippen LogP) is 3.38. The van der Waals surface area contributed by atoms with Gasteiger partial charge < -0.3 is 19.7 Å². The fraction of sp³-hybridized carbons (Fsp3) is 0.364. The molecule has 29 heavy (non-hydrogen) atoms. The third-order valence-electron chi connectivity index (χ3n) is 5.24. The van der Waals surface area contributed by atoms with Crippen molar-refractivity contribution < 1.29 is 23.5 Å². The molecule has 6 nitrogen and oxygen atoms in total. The van der Waals surface area contributed by atoms with Crippen LogP contribution >= 0.6 is 0 Å². The van der Waals surface area contributed by atoms with Gasteiger partial charge in [-0.05, 0) is 49.2 Å². The van der Waals surface area contributed by atoms with Gasteiger partial charge in [0.15, 0.2) is 11.5 Å². The SMILES string of the molecule is COc1cc(C)c(C(C)NC(=O)C2CC(=O)N(c3ccccc3F)C2)cc1OC. The van der Waals surface area contributed by atoms with E-state index in [1.54, 1.807) is 32.4 Å². The van der Waals surface area contributed by atoms with Crippen molar-refractivity contribution in [3.63, 3.8) is 0 Å². The van der Waals surface area contributed by atoms with E-state index in [-0.39, 0.29) is 36.5 Å². The molecule has 1 heterocycles. The summed E-state index contributed by atoms with van der Waals surface area (Å²) in [5.41, 5.74) is 2.05. The molecule has 0 saturated carbocycles. The largest absolute Gasteiger partial charge is 0.493 e. The van der Waals surface area contributed by atoms with Crippen molar-refractivity contribution in [1.29, 1.82) is 0 Å². The second-order valence-electron chi connectivity index (χ2n) is 7.15. The first-order valence-corrected chi connectivity index (χ1v) is 9.43. The smallest absolute Gasteiger partial charge is 0.227 e. The van der Waals surface area contributed by atoms with E-state index in [1.165, 1.54) is 11.0 Å². The van der Waals surface area contributed by atoms with E-state index in [4.69, 9.17) is 9.47 Å². The van der Waals surface area contributed by atoms with E-state index in [0.717, 1.165) is 11.1 Å². The van der Waals surface area contributed by atoms with Gasteiger partial charge in [-0.2, -0.15) is 0 Å². The van der Waals surface area contributed by atoms with Gasteiger partial charge in [0, 0.05) is 13.0 Å². The molecule has 0 bridgehead atoms. The molecule has 1 aliphatic rings. The number of hydrogen-bond donors (Lipinski definition) is 1. The molecule has 2 unspecified atom stereocenters. The fourth-order valence-corrected chi connectivity index (χ4v) is 3.66. The molecule has 2 atom stereocenters. The van der Waals surface area contributed by atoms with E-state index in [2.05, 4.69) is 5.32 Å². The second-order valence-corrected chi connectivity index (χ2v) is 7.15. The summed E-state index contributed by atoms with van der Waals surface area (Å²) in [7, 11) is 3.13. The number of carbonyl (C=O) groups excluding carboxylic acids is 2. The van der Waals surface area contributed by atoms with Crippen LogP contribution in [-0.4, -0.2) is 32.6 Å². The molecule has 7 heteroatoms. The number of benzene rings is 2. The van der Waals surface area contributed by atoms with Crippen molar-refractivity contribution >= 4 is 17.5 Å². The number of nitrogens with one attached hydrogen (secondary N) is 1. The van der Waals surface area contributed by atoms with Crippen LogP contribution in [0.25, 0.3) is 0 Å². The van der Waals surface area contributed by atoms with Crippen LogP contribution in [0.4, 0.5) is 10.1 Å². The minimum atomic E-state index is -0.537. The lowest BCUT2D eigenvalue weighted by atomic mass is 10.00. The van der Waals surface area contributed by atoms with Crippen molar-refractivity contribution in [3.05, 3.63) is 53.3 Å². The normalized spacial score (nSPS) is 17.2. The molecule has 1 fully saturated rings. The summed E-state index contributed by atoms with van der Waals surface area (Å²) < 4.78 is 24.7. The van der Waals surface area contributed by atoms with Crippen LogP contribution in [0, 0.1) is 18.7 Å². The van der Waals surface area contributed by atoms with Crippen molar-refractivity contribution in [1.82, 2.24) is 5.32 Å². The quantitative estimate of drug-likeness (QED) is 0.807. The first-order chi connectivity index (χ1) is 13.8. The van der Waals surface area contributed by atoms with Gasteiger partial charge in [-0.3, -0.25) is 9.59 Å². The Balaban J connectivity index is 1.72. The minimum Gasteiger partial charge on any atom is -0.493 e. The molecule has 1 aliphatic heterocycles. The lowest BCUT2D eigenvalue weighted by molar-refractivity contribution is -0.126. The Bertz CT molecular complexity index is 931. The fourth-order valence-electron chi connectivity index (χ4n) is 3.66. The Hall–Kier alpha value is -3.09. The maximum atomic E-state index is 14.0. The van der Waals surface area contributed by atoms with Gasteiger partial charge in [0.25, 0.3) is 0 Å². The van der Waals surface area contributed by atoms with Crippen LogP contribution in [0.5, 0.6) is 11.5 Å². The number of aryl methyl sites for hydroxylation is 1. The molecule has 2 aromatic rings. The zero-order chi connectivity index (χ0) is 21.1. The van der Waals surface area contributed by atoms with Crippen LogP contribution in [0.3, 0.4) is 0 Å². The van der Waals surface area contributed by atoms with E-state index in [0.29, 0.717) is 11.5 Å². The van der Waals surface area contributed by atoms with Crippen molar-refractivity contribution in [3.8, 4) is 11.5 Å². The number of ether oxygens (including phenoxy) is 2. The minimum absolute atomic E-state index is 0.0534. The van der Waals surface area contributed by atoms with Crippen LogP contribution in [0.1, 0.15) is 30.5 Å². The number of hydrogen-bond acceptors (Lipinski definition) is 4. The first kappa shape index (κ1) is 20.6. The Kier molecular flexibility index (Phi) is 6.06. The van der Waals surface area contributed by atoms with Crippen LogP contribution in [0.15, 0.2) is 36.4 Å². The van der Waals surface area contributed by atoms with E-state index in [9.17, 15) is 14.0 Å². The lowest BCUT2D eigenvalue weighted by Gasteiger charge is -2.21. The van der Waals surface area contributed by atoms with Gasteiger partial charge in [-0.15, -0.1) is 0 Å². The predicted molar refractivity (Wildman–Crippen MR) is 108 cm³/mol. The molecule has 1 N–H and O–H groups in total. The number of anilines is 1. The molecule has 2 amide bonds. The summed E-state index contributed by atoms with van der Waals surface area (Å²) >= 11 is 0. The van der Waals surface area contributed by atoms with E-state index >= 15 is 0 Å². The number of amides is 2. The van der Waals surface area contributed by atoms with Crippen LogP contribution in [-0.2, 0) is 9.59 Å². The summed E-state index contributed by atoms with van der Waals surface area (Å²) in [6, 6.07) is 9.49. The monoisotopic (exact) mass is 400 g/mol. The Morgan fingerprint density at radius 3 is 2.52 bits per heavy atom. The zero-order valence-corrected chi connectivity index (χ0v) is 17.0. The summed E-state index contributed by atoms with van der Waals surface area (Å²) in [4.78, 5) is 26.5. The van der Waals surface area contributed by atoms with Crippen LogP contribution in [0.2, 0.25) is 0 Å². The van der Waals surface area contributed by atoms with E-state index < -0.39 is 11.7 Å². The second kappa shape index (κ2) is 8.51.